The van der Waals surface area contributed by atoms with Crippen molar-refractivity contribution in [2.45, 2.75) is 39.7 Å². The van der Waals surface area contributed by atoms with Crippen molar-refractivity contribution in [3.63, 3.8) is 0 Å². The van der Waals surface area contributed by atoms with E-state index in [2.05, 4.69) is 11.9 Å². The van der Waals surface area contributed by atoms with E-state index in [0.29, 0.717) is 5.57 Å². The van der Waals surface area contributed by atoms with Gasteiger partial charge in [0.15, 0.2) is 0 Å². The second-order valence-electron chi connectivity index (χ2n) is 4.35. The number of hydrogen-bond donors (Lipinski definition) is 1. The molecule has 1 amide bonds. The Morgan fingerprint density at radius 1 is 1.35 bits per heavy atom. The van der Waals surface area contributed by atoms with Crippen molar-refractivity contribution in [1.82, 2.24) is 5.32 Å². The minimum absolute atomic E-state index is 0.105. The van der Waals surface area contributed by atoms with E-state index in [0.717, 1.165) is 6.42 Å². The Hall–Kier alpha value is -1.52. The molecule has 0 bridgehead atoms. The lowest BCUT2D eigenvalue weighted by Gasteiger charge is -2.23. The summed E-state index contributed by atoms with van der Waals surface area (Å²) < 4.78 is 9.93. The first kappa shape index (κ1) is 15.5. The zero-order valence-corrected chi connectivity index (χ0v) is 11.0. The summed E-state index contributed by atoms with van der Waals surface area (Å²) in [5, 5.41) is 2.50. The van der Waals surface area contributed by atoms with E-state index in [1.54, 1.807) is 6.92 Å². The van der Waals surface area contributed by atoms with E-state index in [9.17, 15) is 9.59 Å². The summed E-state index contributed by atoms with van der Waals surface area (Å²) in [4.78, 5) is 22.3. The lowest BCUT2D eigenvalue weighted by atomic mass is 10.1. The zero-order chi connectivity index (χ0) is 13.5. The third kappa shape index (κ3) is 7.38. The monoisotopic (exact) mass is 243 g/mol. The Balaban J connectivity index is 3.73. The summed E-state index contributed by atoms with van der Waals surface area (Å²) >= 11 is 0. The molecule has 0 spiro atoms. The average molecular weight is 243 g/mol. The molecular formula is C12H21NO4. The Morgan fingerprint density at radius 3 is 2.41 bits per heavy atom. The van der Waals surface area contributed by atoms with Crippen molar-refractivity contribution in [2.24, 2.45) is 0 Å². The molecule has 0 atom stereocenters. The molecule has 5 nitrogen and oxygen atoms in total. The first-order valence-electron chi connectivity index (χ1n) is 5.58. The molecule has 0 radical (unpaired) electrons. The van der Waals surface area contributed by atoms with Crippen LogP contribution in [0.5, 0.6) is 0 Å². The molecule has 1 N–H and O–H groups in total. The van der Waals surface area contributed by atoms with Crippen molar-refractivity contribution in [2.75, 3.05) is 13.2 Å². The normalized spacial score (nSPS) is 10.6. The van der Waals surface area contributed by atoms with Crippen molar-refractivity contribution in [3.05, 3.63) is 12.2 Å². The molecule has 0 aliphatic rings. The third-order valence-corrected chi connectivity index (χ3v) is 2.17. The van der Waals surface area contributed by atoms with Crippen LogP contribution in [0.25, 0.3) is 0 Å². The molecule has 0 aliphatic heterocycles. The van der Waals surface area contributed by atoms with Gasteiger partial charge in [-0.2, -0.15) is 0 Å². The lowest BCUT2D eigenvalue weighted by Crippen LogP contribution is -2.35. The maximum Gasteiger partial charge on any atom is 0.407 e. The van der Waals surface area contributed by atoms with Crippen molar-refractivity contribution >= 4 is 12.1 Å². The topological polar surface area (TPSA) is 64.6 Å². The second kappa shape index (κ2) is 6.93. The number of alkyl carbamates (subject to hydrolysis) is 1. The molecule has 17 heavy (non-hydrogen) atoms. The molecular weight excluding hydrogens is 222 g/mol. The first-order chi connectivity index (χ1) is 7.78. The Bertz CT molecular complexity index is 297. The molecule has 5 heteroatoms. The van der Waals surface area contributed by atoms with E-state index in [1.807, 2.05) is 20.8 Å². The number of carbonyl (C=O) groups is 2. The number of nitrogens with one attached hydrogen (secondary N) is 1. The Morgan fingerprint density at radius 2 is 1.94 bits per heavy atom. The quantitative estimate of drug-likeness (QED) is 0.440. The van der Waals surface area contributed by atoms with Crippen LogP contribution in [0.15, 0.2) is 12.2 Å². The van der Waals surface area contributed by atoms with E-state index >= 15 is 0 Å². The minimum atomic E-state index is -0.511. The molecule has 0 saturated heterocycles. The third-order valence-electron chi connectivity index (χ3n) is 2.17. The highest BCUT2D eigenvalue weighted by molar-refractivity contribution is 5.86. The van der Waals surface area contributed by atoms with Crippen molar-refractivity contribution < 1.29 is 19.1 Å². The first-order valence-corrected chi connectivity index (χ1v) is 5.58. The highest BCUT2D eigenvalue weighted by atomic mass is 16.6. The predicted molar refractivity (Wildman–Crippen MR) is 64.6 cm³/mol. The Labute approximate surface area is 102 Å². The summed E-state index contributed by atoms with van der Waals surface area (Å²) in [5.74, 6) is -0.464. The minimum Gasteiger partial charge on any atom is -0.460 e. The van der Waals surface area contributed by atoms with Crippen LogP contribution in [0.2, 0.25) is 0 Å². The fraction of sp³-hybridized carbons (Fsp3) is 0.667. The predicted octanol–water partition coefficient (Wildman–Crippen LogP) is 2.02. The summed E-state index contributed by atoms with van der Waals surface area (Å²) in [6.07, 6.45) is 0.216. The van der Waals surface area contributed by atoms with E-state index in [-0.39, 0.29) is 13.2 Å². The van der Waals surface area contributed by atoms with Gasteiger partial charge in [0.2, 0.25) is 0 Å². The van der Waals surface area contributed by atoms with Gasteiger partial charge < -0.3 is 14.8 Å². The smallest absolute Gasteiger partial charge is 0.407 e. The number of carbonyl (C=O) groups excluding carboxylic acids is 2. The number of rotatable bonds is 6. The van der Waals surface area contributed by atoms with Gasteiger partial charge in [-0.05, 0) is 27.2 Å². The molecule has 0 fully saturated rings. The van der Waals surface area contributed by atoms with Crippen LogP contribution in [0, 0.1) is 0 Å². The largest absolute Gasteiger partial charge is 0.460 e. The Kier molecular flexibility index (Phi) is 6.31. The average Bonchev–Trinajstić information content (AvgIpc) is 2.23. The van der Waals surface area contributed by atoms with E-state index in [4.69, 9.17) is 9.47 Å². The van der Waals surface area contributed by atoms with Gasteiger partial charge in [-0.15, -0.1) is 0 Å². The summed E-state index contributed by atoms with van der Waals surface area (Å²) in [6.45, 7) is 10.9. The molecule has 0 aromatic heterocycles. The molecule has 0 saturated carbocycles. The van der Waals surface area contributed by atoms with Gasteiger partial charge in [-0.3, -0.25) is 0 Å². The molecule has 0 aliphatic carbocycles. The van der Waals surface area contributed by atoms with Gasteiger partial charge in [0.25, 0.3) is 0 Å². The maximum atomic E-state index is 11.3. The SMILES string of the molecule is C=C(C)C(=O)OCCNC(=O)OC(C)(C)CC. The maximum absolute atomic E-state index is 11.3. The van der Waals surface area contributed by atoms with Gasteiger partial charge in [0.05, 0.1) is 6.54 Å². The van der Waals surface area contributed by atoms with E-state index < -0.39 is 17.7 Å². The fourth-order valence-electron chi connectivity index (χ4n) is 0.779. The second-order valence-corrected chi connectivity index (χ2v) is 4.35. The van der Waals surface area contributed by atoms with Crippen LogP contribution in [0.3, 0.4) is 0 Å². The lowest BCUT2D eigenvalue weighted by molar-refractivity contribution is -0.138. The fourth-order valence-corrected chi connectivity index (χ4v) is 0.779. The van der Waals surface area contributed by atoms with Crippen molar-refractivity contribution in [1.29, 1.82) is 0 Å². The molecule has 0 unspecified atom stereocenters. The number of amides is 1. The summed E-state index contributed by atoms with van der Waals surface area (Å²) in [5.41, 5.74) is -0.155. The van der Waals surface area contributed by atoms with Gasteiger partial charge in [0.1, 0.15) is 12.2 Å². The van der Waals surface area contributed by atoms with E-state index in [1.165, 1.54) is 0 Å². The van der Waals surface area contributed by atoms with Crippen LogP contribution in [-0.2, 0) is 14.3 Å². The highest BCUT2D eigenvalue weighted by Gasteiger charge is 2.19. The molecule has 0 aromatic rings. The number of esters is 1. The van der Waals surface area contributed by atoms with Crippen LogP contribution >= 0.6 is 0 Å². The van der Waals surface area contributed by atoms with Gasteiger partial charge in [-0.1, -0.05) is 13.5 Å². The summed E-state index contributed by atoms with van der Waals surface area (Å²) in [6, 6.07) is 0. The van der Waals surface area contributed by atoms with Crippen LogP contribution < -0.4 is 5.32 Å². The summed E-state index contributed by atoms with van der Waals surface area (Å²) in [7, 11) is 0. The van der Waals surface area contributed by atoms with Gasteiger partial charge >= 0.3 is 12.1 Å². The molecule has 0 rings (SSSR count). The molecule has 0 heterocycles. The van der Waals surface area contributed by atoms with Gasteiger partial charge in [-0.25, -0.2) is 9.59 Å². The molecule has 0 aromatic carbocycles. The molecule has 98 valence electrons. The van der Waals surface area contributed by atoms with Crippen LogP contribution in [0.4, 0.5) is 4.79 Å². The number of hydrogen-bond acceptors (Lipinski definition) is 4. The van der Waals surface area contributed by atoms with Crippen LogP contribution in [0.1, 0.15) is 34.1 Å². The standard InChI is InChI=1S/C12H21NO4/c1-6-12(4,5)17-11(15)13-7-8-16-10(14)9(2)3/h2,6-8H2,1,3-5H3,(H,13,15). The highest BCUT2D eigenvalue weighted by Crippen LogP contribution is 2.13. The van der Waals surface area contributed by atoms with Crippen LogP contribution in [-0.4, -0.2) is 30.8 Å². The zero-order valence-electron chi connectivity index (χ0n) is 11.0. The van der Waals surface area contributed by atoms with Gasteiger partial charge in [0, 0.05) is 5.57 Å². The number of ether oxygens (including phenoxy) is 2. The van der Waals surface area contributed by atoms with Crippen molar-refractivity contribution in [3.8, 4) is 0 Å².